The molecule has 1 amide bonds. The molecule has 0 saturated carbocycles. The van der Waals surface area contributed by atoms with E-state index >= 15 is 0 Å². The molecule has 2 atom stereocenters. The van der Waals surface area contributed by atoms with Gasteiger partial charge in [-0.3, -0.25) is 4.79 Å². The molecular weight excluding hydrogens is 337 g/mol. The number of hydrogen-bond acceptors (Lipinski definition) is 3. The molecule has 1 aliphatic rings. The van der Waals surface area contributed by atoms with Crippen LogP contribution in [0.2, 0.25) is 0 Å². The average molecular weight is 363 g/mol. The summed E-state index contributed by atoms with van der Waals surface area (Å²) in [4.78, 5) is 25.6. The van der Waals surface area contributed by atoms with Gasteiger partial charge in [0.15, 0.2) is 0 Å². The van der Waals surface area contributed by atoms with Gasteiger partial charge in [-0.2, -0.15) is 0 Å². The number of carbonyl (C=O) groups excluding carboxylic acids is 1. The van der Waals surface area contributed by atoms with E-state index in [-0.39, 0.29) is 18.3 Å². The highest BCUT2D eigenvalue weighted by atomic mass is 19.1. The van der Waals surface area contributed by atoms with Gasteiger partial charge in [0.1, 0.15) is 11.4 Å². The lowest BCUT2D eigenvalue weighted by Gasteiger charge is -2.45. The number of hydrogen-bond donors (Lipinski definition) is 1. The standard InChI is InChI=1S/C20H26FNO4/c1-5-16-12-20(13-17(23)24,14-6-8-15(21)9-7-14)10-11-22(16)18(25)26-19(2,3)4/h5-9,16H,1,10-13H2,2-4H3,(H,23,24). The maximum absolute atomic E-state index is 13.3. The number of nitrogens with zero attached hydrogens (tertiary/aromatic N) is 1. The second kappa shape index (κ2) is 7.48. The van der Waals surface area contributed by atoms with E-state index in [9.17, 15) is 19.1 Å². The Morgan fingerprint density at radius 3 is 2.50 bits per heavy atom. The summed E-state index contributed by atoms with van der Waals surface area (Å²) in [6.07, 6.45) is 1.96. The average Bonchev–Trinajstić information content (AvgIpc) is 2.52. The van der Waals surface area contributed by atoms with Crippen LogP contribution >= 0.6 is 0 Å². The summed E-state index contributed by atoms with van der Waals surface area (Å²) in [5.41, 5.74) is -0.538. The lowest BCUT2D eigenvalue weighted by Crippen LogP contribution is -2.52. The Balaban J connectivity index is 2.31. The molecular formula is C20H26FNO4. The number of ether oxygens (including phenoxy) is 1. The van der Waals surface area contributed by atoms with Gasteiger partial charge in [0.2, 0.25) is 0 Å². The number of rotatable bonds is 4. The number of carboxylic acids is 1. The van der Waals surface area contributed by atoms with E-state index in [0.717, 1.165) is 5.56 Å². The van der Waals surface area contributed by atoms with Gasteiger partial charge in [-0.1, -0.05) is 18.2 Å². The van der Waals surface area contributed by atoms with E-state index in [4.69, 9.17) is 4.74 Å². The summed E-state index contributed by atoms with van der Waals surface area (Å²) in [6.45, 7) is 9.54. The third kappa shape index (κ3) is 4.62. The minimum absolute atomic E-state index is 0.0921. The van der Waals surface area contributed by atoms with Crippen LogP contribution in [0, 0.1) is 5.82 Å². The lowest BCUT2D eigenvalue weighted by atomic mass is 9.68. The molecule has 2 unspecified atom stereocenters. The molecule has 2 rings (SSSR count). The third-order valence-electron chi connectivity index (χ3n) is 4.68. The molecule has 1 aromatic carbocycles. The topological polar surface area (TPSA) is 66.8 Å². The first-order chi connectivity index (χ1) is 12.1. The van der Waals surface area contributed by atoms with Gasteiger partial charge in [-0.15, -0.1) is 6.58 Å². The van der Waals surface area contributed by atoms with Crippen molar-refractivity contribution in [2.24, 2.45) is 0 Å². The third-order valence-corrected chi connectivity index (χ3v) is 4.68. The van der Waals surface area contributed by atoms with Gasteiger partial charge in [0.25, 0.3) is 0 Å². The van der Waals surface area contributed by atoms with Crippen LogP contribution in [-0.2, 0) is 14.9 Å². The maximum Gasteiger partial charge on any atom is 0.410 e. The molecule has 1 heterocycles. The first-order valence-electron chi connectivity index (χ1n) is 8.66. The molecule has 1 fully saturated rings. The summed E-state index contributed by atoms with van der Waals surface area (Å²) in [5, 5.41) is 9.43. The molecule has 1 aromatic rings. The molecule has 142 valence electrons. The highest BCUT2D eigenvalue weighted by Gasteiger charge is 2.44. The number of aliphatic carboxylic acids is 1. The summed E-state index contributed by atoms with van der Waals surface area (Å²) < 4.78 is 18.8. The molecule has 0 radical (unpaired) electrons. The zero-order chi connectivity index (χ0) is 19.5. The van der Waals surface area contributed by atoms with E-state index < -0.39 is 23.1 Å². The summed E-state index contributed by atoms with van der Waals surface area (Å²) in [7, 11) is 0. The molecule has 0 aromatic heterocycles. The Labute approximate surface area is 153 Å². The number of halogens is 1. The molecule has 0 aliphatic carbocycles. The van der Waals surface area contributed by atoms with Gasteiger partial charge in [0, 0.05) is 12.0 Å². The Bertz CT molecular complexity index is 680. The number of amides is 1. The monoisotopic (exact) mass is 363 g/mol. The first kappa shape index (κ1) is 19.9. The minimum atomic E-state index is -0.928. The fraction of sp³-hybridized carbons (Fsp3) is 0.500. The smallest absolute Gasteiger partial charge is 0.410 e. The fourth-order valence-electron chi connectivity index (χ4n) is 3.49. The van der Waals surface area contributed by atoms with Crippen molar-refractivity contribution in [2.45, 2.75) is 57.1 Å². The molecule has 26 heavy (non-hydrogen) atoms. The summed E-state index contributed by atoms with van der Waals surface area (Å²) >= 11 is 0. The Morgan fingerprint density at radius 2 is 2.00 bits per heavy atom. The molecule has 1 N–H and O–H groups in total. The fourth-order valence-corrected chi connectivity index (χ4v) is 3.49. The Morgan fingerprint density at radius 1 is 1.38 bits per heavy atom. The van der Waals surface area contributed by atoms with Crippen molar-refractivity contribution in [3.63, 3.8) is 0 Å². The first-order valence-corrected chi connectivity index (χ1v) is 8.66. The number of carbonyl (C=O) groups is 2. The van der Waals surface area contributed by atoms with Crippen molar-refractivity contribution in [3.8, 4) is 0 Å². The zero-order valence-corrected chi connectivity index (χ0v) is 15.5. The van der Waals surface area contributed by atoms with Crippen LogP contribution in [0.25, 0.3) is 0 Å². The van der Waals surface area contributed by atoms with Gasteiger partial charge >= 0.3 is 12.1 Å². The highest BCUT2D eigenvalue weighted by Crippen LogP contribution is 2.42. The SMILES string of the molecule is C=CC1CC(CC(=O)O)(c2ccc(F)cc2)CCN1C(=O)OC(C)(C)C. The molecule has 6 heteroatoms. The van der Waals surface area contributed by atoms with Crippen LogP contribution in [0.3, 0.4) is 0 Å². The number of piperidine rings is 1. The van der Waals surface area contributed by atoms with Gasteiger partial charge in [-0.05, 0) is 51.3 Å². The van der Waals surface area contributed by atoms with E-state index in [2.05, 4.69) is 6.58 Å². The van der Waals surface area contributed by atoms with Crippen molar-refractivity contribution in [2.75, 3.05) is 6.54 Å². The molecule has 0 bridgehead atoms. The Hall–Kier alpha value is -2.37. The van der Waals surface area contributed by atoms with E-state index in [1.807, 2.05) is 0 Å². The Kier molecular flexibility index (Phi) is 5.74. The zero-order valence-electron chi connectivity index (χ0n) is 15.5. The van der Waals surface area contributed by atoms with Crippen molar-refractivity contribution in [1.29, 1.82) is 0 Å². The quantitative estimate of drug-likeness (QED) is 0.817. The van der Waals surface area contributed by atoms with Crippen LogP contribution < -0.4 is 0 Å². The molecule has 0 spiro atoms. The predicted molar refractivity (Wildman–Crippen MR) is 96.5 cm³/mol. The van der Waals surface area contributed by atoms with Gasteiger partial charge < -0.3 is 14.7 Å². The van der Waals surface area contributed by atoms with Crippen LogP contribution in [0.5, 0.6) is 0 Å². The van der Waals surface area contributed by atoms with Crippen LogP contribution in [0.1, 0.15) is 45.6 Å². The van der Waals surface area contributed by atoms with Crippen molar-refractivity contribution >= 4 is 12.1 Å². The van der Waals surface area contributed by atoms with Crippen LogP contribution in [0.15, 0.2) is 36.9 Å². The van der Waals surface area contributed by atoms with Crippen molar-refractivity contribution < 1.29 is 23.8 Å². The van der Waals surface area contributed by atoms with E-state index in [0.29, 0.717) is 19.4 Å². The molecule has 1 aliphatic heterocycles. The highest BCUT2D eigenvalue weighted by molar-refractivity contribution is 5.71. The largest absolute Gasteiger partial charge is 0.481 e. The van der Waals surface area contributed by atoms with Crippen molar-refractivity contribution in [1.82, 2.24) is 4.90 Å². The maximum atomic E-state index is 13.3. The predicted octanol–water partition coefficient (Wildman–Crippen LogP) is 4.12. The molecule has 5 nitrogen and oxygen atoms in total. The van der Waals surface area contributed by atoms with Crippen LogP contribution in [0.4, 0.5) is 9.18 Å². The number of likely N-dealkylation sites (tertiary alicyclic amines) is 1. The van der Waals surface area contributed by atoms with Gasteiger partial charge in [0.05, 0.1) is 12.5 Å². The van der Waals surface area contributed by atoms with Crippen molar-refractivity contribution in [3.05, 3.63) is 48.3 Å². The van der Waals surface area contributed by atoms with E-state index in [1.165, 1.54) is 12.1 Å². The normalized spacial score (nSPS) is 23.4. The molecule has 1 saturated heterocycles. The summed E-state index contributed by atoms with van der Waals surface area (Å²) in [6, 6.07) is 5.57. The second-order valence-corrected chi connectivity index (χ2v) is 7.79. The van der Waals surface area contributed by atoms with Gasteiger partial charge in [-0.25, -0.2) is 9.18 Å². The van der Waals surface area contributed by atoms with E-state index in [1.54, 1.807) is 43.9 Å². The number of carboxylic acid groups (broad SMARTS) is 1. The lowest BCUT2D eigenvalue weighted by molar-refractivity contribution is -0.139. The second-order valence-electron chi connectivity index (χ2n) is 7.79. The van der Waals surface area contributed by atoms with Crippen LogP contribution in [-0.4, -0.2) is 40.3 Å². The number of benzene rings is 1. The summed E-state index contributed by atoms with van der Waals surface area (Å²) in [5.74, 6) is -1.30. The minimum Gasteiger partial charge on any atom is -0.481 e.